The molecule has 0 aromatic heterocycles. The first-order valence-corrected chi connectivity index (χ1v) is 9.59. The summed E-state index contributed by atoms with van der Waals surface area (Å²) in [6.45, 7) is 1.41. The predicted molar refractivity (Wildman–Crippen MR) is 95.2 cm³/mol. The van der Waals surface area contributed by atoms with Gasteiger partial charge in [-0.1, -0.05) is 12.1 Å². The fourth-order valence-electron chi connectivity index (χ4n) is 4.72. The van der Waals surface area contributed by atoms with Crippen molar-refractivity contribution < 1.29 is 18.7 Å². The molecule has 1 atom stereocenters. The Morgan fingerprint density at radius 3 is 2.58 bits per heavy atom. The molecule has 1 amide bonds. The summed E-state index contributed by atoms with van der Waals surface area (Å²) in [5, 5.41) is 3.13. The topological polar surface area (TPSA) is 58.6 Å². The molecule has 2 aliphatic heterocycles. The molecule has 3 fully saturated rings. The number of hydrogen-bond donors (Lipinski definition) is 1. The van der Waals surface area contributed by atoms with Crippen molar-refractivity contribution in [2.75, 3.05) is 18.0 Å². The Bertz CT molecular complexity index is 694. The van der Waals surface area contributed by atoms with Gasteiger partial charge in [0.05, 0.1) is 18.0 Å². The summed E-state index contributed by atoms with van der Waals surface area (Å²) in [4.78, 5) is 26.6. The number of anilines is 1. The molecule has 140 valence electrons. The van der Waals surface area contributed by atoms with Crippen LogP contribution in [0.15, 0.2) is 24.3 Å². The monoisotopic (exact) mass is 360 g/mol. The van der Waals surface area contributed by atoms with Crippen molar-refractivity contribution in [3.63, 3.8) is 0 Å². The smallest absolute Gasteiger partial charge is 0.307 e. The van der Waals surface area contributed by atoms with Crippen LogP contribution in [0.2, 0.25) is 0 Å². The fraction of sp³-hybridized carbons (Fsp3) is 0.600. The SMILES string of the molecule is O=C1CC(C(=O)NC2CCN(c3ccccc3F)CC2)C2(CCCC2)O1. The van der Waals surface area contributed by atoms with Crippen LogP contribution >= 0.6 is 0 Å². The average Bonchev–Trinajstić information content (AvgIpc) is 3.23. The molecule has 1 saturated carbocycles. The van der Waals surface area contributed by atoms with Gasteiger partial charge in [0.1, 0.15) is 11.4 Å². The number of amides is 1. The standard InChI is InChI=1S/C20H25FN2O3/c21-16-5-1-2-6-17(16)23-11-7-14(8-12-23)22-19(25)15-13-18(24)26-20(15)9-3-4-10-20/h1-2,5-6,14-15H,3-4,7-13H2,(H,22,25). The van der Waals surface area contributed by atoms with Gasteiger partial charge in [-0.3, -0.25) is 9.59 Å². The third kappa shape index (κ3) is 3.17. The summed E-state index contributed by atoms with van der Waals surface area (Å²) in [5.41, 5.74) is 0.0617. The van der Waals surface area contributed by atoms with E-state index in [0.29, 0.717) is 18.8 Å². The molecular weight excluding hydrogens is 335 g/mol. The normalized spacial score (nSPS) is 25.5. The molecule has 1 unspecified atom stereocenters. The minimum absolute atomic E-state index is 0.0536. The Hall–Kier alpha value is -2.11. The third-order valence-electron chi connectivity index (χ3n) is 6.12. The van der Waals surface area contributed by atoms with Gasteiger partial charge >= 0.3 is 5.97 Å². The lowest BCUT2D eigenvalue weighted by Gasteiger charge is -2.35. The van der Waals surface area contributed by atoms with Crippen LogP contribution in [0, 0.1) is 11.7 Å². The fourth-order valence-corrected chi connectivity index (χ4v) is 4.72. The van der Waals surface area contributed by atoms with Gasteiger partial charge in [-0.2, -0.15) is 0 Å². The van der Waals surface area contributed by atoms with Gasteiger partial charge in [-0.05, 0) is 50.7 Å². The van der Waals surface area contributed by atoms with Crippen molar-refractivity contribution >= 4 is 17.6 Å². The van der Waals surface area contributed by atoms with Crippen LogP contribution in [0.25, 0.3) is 0 Å². The van der Waals surface area contributed by atoms with E-state index in [0.717, 1.165) is 38.5 Å². The van der Waals surface area contributed by atoms with E-state index in [-0.39, 0.29) is 36.1 Å². The summed E-state index contributed by atoms with van der Waals surface area (Å²) in [6.07, 6.45) is 5.35. The molecule has 1 aromatic rings. The molecule has 1 aliphatic carbocycles. The number of rotatable bonds is 3. The van der Waals surface area contributed by atoms with E-state index in [4.69, 9.17) is 4.74 Å². The Kier molecular flexibility index (Phi) is 4.59. The molecule has 1 N–H and O–H groups in total. The van der Waals surface area contributed by atoms with Crippen molar-refractivity contribution in [1.82, 2.24) is 5.32 Å². The number of halogens is 1. The lowest BCUT2D eigenvalue weighted by Crippen LogP contribution is -2.49. The van der Waals surface area contributed by atoms with Crippen molar-refractivity contribution in [3.05, 3.63) is 30.1 Å². The number of hydrogen-bond acceptors (Lipinski definition) is 4. The Labute approximate surface area is 152 Å². The highest BCUT2D eigenvalue weighted by molar-refractivity contribution is 5.88. The van der Waals surface area contributed by atoms with Crippen molar-refractivity contribution in [3.8, 4) is 0 Å². The van der Waals surface area contributed by atoms with E-state index < -0.39 is 5.60 Å². The summed E-state index contributed by atoms with van der Waals surface area (Å²) in [6, 6.07) is 6.86. The van der Waals surface area contributed by atoms with Gasteiger partial charge in [0.15, 0.2) is 0 Å². The van der Waals surface area contributed by atoms with Crippen LogP contribution in [0.5, 0.6) is 0 Å². The van der Waals surface area contributed by atoms with Gasteiger partial charge in [0.2, 0.25) is 5.91 Å². The average molecular weight is 360 g/mol. The Morgan fingerprint density at radius 1 is 1.19 bits per heavy atom. The molecule has 5 nitrogen and oxygen atoms in total. The summed E-state index contributed by atoms with van der Waals surface area (Å²) in [5.74, 6) is -0.870. The lowest BCUT2D eigenvalue weighted by atomic mass is 9.84. The van der Waals surface area contributed by atoms with Gasteiger partial charge in [-0.25, -0.2) is 4.39 Å². The first-order chi connectivity index (χ1) is 12.6. The van der Waals surface area contributed by atoms with Gasteiger partial charge in [-0.15, -0.1) is 0 Å². The number of piperidine rings is 1. The van der Waals surface area contributed by atoms with Crippen LogP contribution in [-0.2, 0) is 14.3 Å². The molecule has 2 heterocycles. The van der Waals surface area contributed by atoms with Crippen molar-refractivity contribution in [2.45, 2.75) is 56.6 Å². The molecule has 26 heavy (non-hydrogen) atoms. The molecule has 0 radical (unpaired) electrons. The largest absolute Gasteiger partial charge is 0.458 e. The van der Waals surface area contributed by atoms with E-state index in [1.165, 1.54) is 6.07 Å². The Morgan fingerprint density at radius 2 is 1.88 bits per heavy atom. The van der Waals surface area contributed by atoms with E-state index in [1.54, 1.807) is 12.1 Å². The van der Waals surface area contributed by atoms with Gasteiger partial charge < -0.3 is 15.0 Å². The number of para-hydroxylation sites is 1. The molecule has 4 rings (SSSR count). The van der Waals surface area contributed by atoms with E-state index >= 15 is 0 Å². The highest BCUT2D eigenvalue weighted by Gasteiger charge is 2.54. The third-order valence-corrected chi connectivity index (χ3v) is 6.12. The van der Waals surface area contributed by atoms with Crippen LogP contribution in [0.4, 0.5) is 10.1 Å². The first kappa shape index (κ1) is 17.3. The lowest BCUT2D eigenvalue weighted by molar-refractivity contribution is -0.150. The maximum atomic E-state index is 13.9. The van der Waals surface area contributed by atoms with Gasteiger partial charge in [0.25, 0.3) is 0 Å². The first-order valence-electron chi connectivity index (χ1n) is 9.59. The summed E-state index contributed by atoms with van der Waals surface area (Å²) >= 11 is 0. The zero-order chi connectivity index (χ0) is 18.1. The number of benzene rings is 1. The summed E-state index contributed by atoms with van der Waals surface area (Å²) in [7, 11) is 0. The molecule has 6 heteroatoms. The molecule has 0 bridgehead atoms. The number of nitrogens with one attached hydrogen (secondary N) is 1. The van der Waals surface area contributed by atoms with Crippen LogP contribution < -0.4 is 10.2 Å². The van der Waals surface area contributed by atoms with Gasteiger partial charge in [0, 0.05) is 19.1 Å². The summed E-state index contributed by atoms with van der Waals surface area (Å²) < 4.78 is 19.5. The number of esters is 1. The van der Waals surface area contributed by atoms with Crippen LogP contribution in [0.1, 0.15) is 44.9 Å². The number of carbonyl (C=O) groups is 2. The van der Waals surface area contributed by atoms with Crippen molar-refractivity contribution in [2.24, 2.45) is 5.92 Å². The molecule has 3 aliphatic rings. The molecular formula is C20H25FN2O3. The van der Waals surface area contributed by atoms with E-state index in [1.807, 2.05) is 11.0 Å². The zero-order valence-corrected chi connectivity index (χ0v) is 14.9. The number of carbonyl (C=O) groups excluding carboxylic acids is 2. The Balaban J connectivity index is 1.35. The number of ether oxygens (including phenoxy) is 1. The molecule has 1 spiro atoms. The van der Waals surface area contributed by atoms with E-state index in [2.05, 4.69) is 5.32 Å². The molecule has 2 saturated heterocycles. The zero-order valence-electron chi connectivity index (χ0n) is 14.9. The van der Waals surface area contributed by atoms with Crippen LogP contribution in [0.3, 0.4) is 0 Å². The quantitative estimate of drug-likeness (QED) is 0.842. The maximum absolute atomic E-state index is 13.9. The molecule has 1 aromatic carbocycles. The van der Waals surface area contributed by atoms with E-state index in [9.17, 15) is 14.0 Å². The van der Waals surface area contributed by atoms with Crippen molar-refractivity contribution in [1.29, 1.82) is 0 Å². The number of nitrogens with zero attached hydrogens (tertiary/aromatic N) is 1. The second-order valence-corrected chi connectivity index (χ2v) is 7.72. The second-order valence-electron chi connectivity index (χ2n) is 7.72. The highest BCUT2D eigenvalue weighted by atomic mass is 19.1. The highest BCUT2D eigenvalue weighted by Crippen LogP contribution is 2.45. The second kappa shape index (κ2) is 6.89. The minimum atomic E-state index is -0.560. The van der Waals surface area contributed by atoms with Crippen LogP contribution in [-0.4, -0.2) is 36.6 Å². The maximum Gasteiger partial charge on any atom is 0.307 e. The predicted octanol–water partition coefficient (Wildman–Crippen LogP) is 2.79. The minimum Gasteiger partial charge on any atom is -0.458 e.